The molecule has 0 aliphatic carbocycles. The third kappa shape index (κ3) is 4.64. The second-order valence-corrected chi connectivity index (χ2v) is 5.94. The Morgan fingerprint density at radius 3 is 2.68 bits per heavy atom. The molecule has 106 valence electrons. The maximum atomic E-state index is 10.1. The van der Waals surface area contributed by atoms with Gasteiger partial charge < -0.3 is 9.84 Å². The fourth-order valence-electron chi connectivity index (χ4n) is 2.52. The summed E-state index contributed by atoms with van der Waals surface area (Å²) in [5.74, 6) is 0. The van der Waals surface area contributed by atoms with E-state index in [1.807, 2.05) is 18.2 Å². The molecular weight excluding hydrogens is 283 g/mol. The predicted octanol–water partition coefficient (Wildman–Crippen LogP) is 4.25. The van der Waals surface area contributed by atoms with E-state index in [1.165, 1.54) is 6.42 Å². The van der Waals surface area contributed by atoms with Crippen molar-refractivity contribution in [3.8, 4) is 0 Å². The van der Waals surface area contributed by atoms with E-state index < -0.39 is 0 Å². The highest BCUT2D eigenvalue weighted by molar-refractivity contribution is 6.35. The van der Waals surface area contributed by atoms with Gasteiger partial charge in [0.25, 0.3) is 0 Å². The SMILES string of the molecule is OC(CCCC1CCCO1)Cc1c(Cl)cccc1Cl. The number of hydrogen-bond acceptors (Lipinski definition) is 2. The van der Waals surface area contributed by atoms with Crippen molar-refractivity contribution in [2.24, 2.45) is 0 Å². The van der Waals surface area contributed by atoms with Crippen LogP contribution in [-0.4, -0.2) is 23.9 Å². The van der Waals surface area contributed by atoms with Crippen LogP contribution in [0.5, 0.6) is 0 Å². The molecule has 0 radical (unpaired) electrons. The van der Waals surface area contributed by atoms with Crippen molar-refractivity contribution in [3.05, 3.63) is 33.8 Å². The molecule has 19 heavy (non-hydrogen) atoms. The highest BCUT2D eigenvalue weighted by atomic mass is 35.5. The van der Waals surface area contributed by atoms with E-state index in [2.05, 4.69) is 0 Å². The zero-order chi connectivity index (χ0) is 13.7. The third-order valence-corrected chi connectivity index (χ3v) is 4.30. The molecule has 0 bridgehead atoms. The van der Waals surface area contributed by atoms with Gasteiger partial charge in [-0.15, -0.1) is 0 Å². The van der Waals surface area contributed by atoms with Crippen LogP contribution in [0.4, 0.5) is 0 Å². The molecule has 1 saturated heterocycles. The summed E-state index contributed by atoms with van der Waals surface area (Å²) in [6, 6.07) is 5.43. The number of benzene rings is 1. The molecule has 1 N–H and O–H groups in total. The Morgan fingerprint density at radius 1 is 1.32 bits per heavy atom. The Hall–Kier alpha value is -0.280. The summed E-state index contributed by atoms with van der Waals surface area (Å²) in [4.78, 5) is 0. The van der Waals surface area contributed by atoms with E-state index in [-0.39, 0.29) is 6.10 Å². The number of halogens is 2. The highest BCUT2D eigenvalue weighted by Gasteiger charge is 2.16. The lowest BCUT2D eigenvalue weighted by Gasteiger charge is -2.14. The van der Waals surface area contributed by atoms with Gasteiger partial charge in [0.2, 0.25) is 0 Å². The van der Waals surface area contributed by atoms with Crippen LogP contribution in [0.25, 0.3) is 0 Å². The van der Waals surface area contributed by atoms with Crippen molar-refractivity contribution in [1.82, 2.24) is 0 Å². The summed E-state index contributed by atoms with van der Waals surface area (Å²) < 4.78 is 5.57. The smallest absolute Gasteiger partial charge is 0.0581 e. The van der Waals surface area contributed by atoms with E-state index in [9.17, 15) is 5.11 Å². The monoisotopic (exact) mass is 302 g/mol. The lowest BCUT2D eigenvalue weighted by atomic mass is 10.0. The number of aliphatic hydroxyl groups excluding tert-OH is 1. The summed E-state index contributed by atoms with van der Waals surface area (Å²) in [7, 11) is 0. The molecule has 0 spiro atoms. The van der Waals surface area contributed by atoms with E-state index in [1.54, 1.807) is 0 Å². The largest absolute Gasteiger partial charge is 0.393 e. The topological polar surface area (TPSA) is 29.5 Å². The molecule has 2 unspecified atom stereocenters. The lowest BCUT2D eigenvalue weighted by Crippen LogP contribution is -2.13. The van der Waals surface area contributed by atoms with E-state index in [0.29, 0.717) is 22.6 Å². The summed E-state index contributed by atoms with van der Waals surface area (Å²) >= 11 is 12.2. The van der Waals surface area contributed by atoms with E-state index in [0.717, 1.165) is 37.9 Å². The second kappa shape index (κ2) is 7.49. The first-order valence-corrected chi connectivity index (χ1v) is 7.65. The molecule has 1 aliphatic heterocycles. The molecule has 0 amide bonds. The summed E-state index contributed by atoms with van der Waals surface area (Å²) in [6.45, 7) is 0.891. The minimum atomic E-state index is -0.390. The lowest BCUT2D eigenvalue weighted by molar-refractivity contribution is 0.0945. The maximum absolute atomic E-state index is 10.1. The van der Waals surface area contributed by atoms with Gasteiger partial charge in [0.1, 0.15) is 0 Å². The first-order chi connectivity index (χ1) is 9.16. The van der Waals surface area contributed by atoms with Crippen molar-refractivity contribution < 1.29 is 9.84 Å². The van der Waals surface area contributed by atoms with Crippen LogP contribution in [0.15, 0.2) is 18.2 Å². The Labute approximate surface area is 124 Å². The van der Waals surface area contributed by atoms with Gasteiger partial charge in [0.05, 0.1) is 12.2 Å². The van der Waals surface area contributed by atoms with Crippen molar-refractivity contribution in [2.45, 2.75) is 50.7 Å². The molecule has 0 aromatic heterocycles. The van der Waals surface area contributed by atoms with Crippen molar-refractivity contribution in [2.75, 3.05) is 6.61 Å². The molecule has 1 heterocycles. The summed E-state index contributed by atoms with van der Waals surface area (Å²) in [5.41, 5.74) is 0.843. The Morgan fingerprint density at radius 2 is 2.05 bits per heavy atom. The normalized spacial score (nSPS) is 20.7. The number of ether oxygens (including phenoxy) is 1. The molecule has 1 aliphatic rings. The van der Waals surface area contributed by atoms with Gasteiger partial charge in [0.15, 0.2) is 0 Å². The number of hydrogen-bond donors (Lipinski definition) is 1. The average molecular weight is 303 g/mol. The third-order valence-electron chi connectivity index (χ3n) is 3.59. The summed E-state index contributed by atoms with van der Waals surface area (Å²) in [6.07, 6.45) is 5.64. The van der Waals surface area contributed by atoms with Gasteiger partial charge in [-0.2, -0.15) is 0 Å². The summed E-state index contributed by atoms with van der Waals surface area (Å²) in [5, 5.41) is 11.3. The minimum Gasteiger partial charge on any atom is -0.393 e. The van der Waals surface area contributed by atoms with Gasteiger partial charge in [0, 0.05) is 23.1 Å². The predicted molar refractivity (Wildman–Crippen MR) is 79.0 cm³/mol. The fourth-order valence-corrected chi connectivity index (χ4v) is 3.07. The molecule has 1 aromatic rings. The van der Waals surface area contributed by atoms with Crippen LogP contribution in [-0.2, 0) is 11.2 Å². The fraction of sp³-hybridized carbons (Fsp3) is 0.600. The molecule has 2 atom stereocenters. The zero-order valence-electron chi connectivity index (χ0n) is 10.9. The van der Waals surface area contributed by atoms with Crippen LogP contribution in [0.3, 0.4) is 0 Å². The van der Waals surface area contributed by atoms with E-state index in [4.69, 9.17) is 27.9 Å². The molecule has 0 saturated carbocycles. The van der Waals surface area contributed by atoms with Gasteiger partial charge in [-0.3, -0.25) is 0 Å². The van der Waals surface area contributed by atoms with Gasteiger partial charge in [-0.05, 0) is 49.8 Å². The molecular formula is C15H20Cl2O2. The molecule has 1 aromatic carbocycles. The van der Waals surface area contributed by atoms with Gasteiger partial charge in [-0.1, -0.05) is 29.3 Å². The average Bonchev–Trinajstić information content (AvgIpc) is 2.87. The number of aliphatic hydroxyl groups is 1. The van der Waals surface area contributed by atoms with Gasteiger partial charge in [-0.25, -0.2) is 0 Å². The molecule has 1 fully saturated rings. The van der Waals surface area contributed by atoms with Crippen molar-refractivity contribution in [3.63, 3.8) is 0 Å². The van der Waals surface area contributed by atoms with Crippen LogP contribution in [0.2, 0.25) is 10.0 Å². The maximum Gasteiger partial charge on any atom is 0.0581 e. The van der Waals surface area contributed by atoms with Gasteiger partial charge >= 0.3 is 0 Å². The van der Waals surface area contributed by atoms with Crippen LogP contribution >= 0.6 is 23.2 Å². The molecule has 4 heteroatoms. The molecule has 2 rings (SSSR count). The molecule has 2 nitrogen and oxygen atoms in total. The first-order valence-electron chi connectivity index (χ1n) is 6.89. The van der Waals surface area contributed by atoms with Crippen LogP contribution in [0, 0.1) is 0 Å². The van der Waals surface area contributed by atoms with Crippen molar-refractivity contribution in [1.29, 1.82) is 0 Å². The van der Waals surface area contributed by atoms with E-state index >= 15 is 0 Å². The quantitative estimate of drug-likeness (QED) is 0.851. The Balaban J connectivity index is 1.75. The van der Waals surface area contributed by atoms with Crippen LogP contribution in [0.1, 0.15) is 37.7 Å². The standard InChI is InChI=1S/C15H20Cl2O2/c16-14-7-2-8-15(17)13(14)10-11(18)4-1-5-12-6-3-9-19-12/h2,7-8,11-12,18H,1,3-6,9-10H2. The van der Waals surface area contributed by atoms with Crippen molar-refractivity contribution >= 4 is 23.2 Å². The highest BCUT2D eigenvalue weighted by Crippen LogP contribution is 2.26. The first kappa shape index (κ1) is 15.1. The van der Waals surface area contributed by atoms with Crippen LogP contribution < -0.4 is 0 Å². The zero-order valence-corrected chi connectivity index (χ0v) is 12.5. The minimum absolute atomic E-state index is 0.390. The Kier molecular flexibility index (Phi) is 5.96. The number of rotatable bonds is 6. The second-order valence-electron chi connectivity index (χ2n) is 5.12. The Bertz CT molecular complexity index is 383.